The van der Waals surface area contributed by atoms with E-state index in [1.807, 2.05) is 18.4 Å². The highest BCUT2D eigenvalue weighted by Gasteiger charge is 2.25. The van der Waals surface area contributed by atoms with E-state index in [-0.39, 0.29) is 35.2 Å². The van der Waals surface area contributed by atoms with Crippen LogP contribution in [0.15, 0.2) is 24.5 Å². The average molecular weight is 475 g/mol. The summed E-state index contributed by atoms with van der Waals surface area (Å²) in [6, 6.07) is 2.80. The zero-order valence-electron chi connectivity index (χ0n) is 18.3. The number of imidazole rings is 1. The Balaban J connectivity index is 1.81. The minimum atomic E-state index is -0.682. The number of aromatic nitrogens is 4. The van der Waals surface area contributed by atoms with E-state index < -0.39 is 11.9 Å². The Kier molecular flexibility index (Phi) is 6.59. The second kappa shape index (κ2) is 9.42. The van der Waals surface area contributed by atoms with Gasteiger partial charge in [-0.1, -0.05) is 11.6 Å². The molecule has 1 fully saturated rings. The molecule has 1 aliphatic heterocycles. The minimum Gasteiger partial charge on any atom is -0.404 e. The zero-order valence-corrected chi connectivity index (χ0v) is 19.1. The molecule has 0 amide bonds. The van der Waals surface area contributed by atoms with Gasteiger partial charge >= 0.3 is 0 Å². The van der Waals surface area contributed by atoms with E-state index >= 15 is 4.39 Å². The standard InChI is InChI=1S/C22H25ClFN7O2/c1-11(2)31-17-6-12(5-15(24)20(17)29-21(31)13(7-25)8-26)19-14(23)9-27-22(30-19)28-16-3-4-33-10-18(16)32/h5-9,11,16,18,25,32H,3-4,10,26H2,1-2H3,(H,27,28,30)/p+1/b13-8+,25-7?/t16-,18-/m1/s1. The molecule has 2 aromatic heterocycles. The van der Waals surface area contributed by atoms with Gasteiger partial charge in [0, 0.05) is 24.4 Å². The number of rotatable bonds is 6. The van der Waals surface area contributed by atoms with Crippen LogP contribution in [0, 0.1) is 5.82 Å². The smallest absolute Gasteiger partial charge is 0.223 e. The first kappa shape index (κ1) is 23.1. The summed E-state index contributed by atoms with van der Waals surface area (Å²) in [6.07, 6.45) is 4.04. The summed E-state index contributed by atoms with van der Waals surface area (Å²) in [5.41, 5.74) is 7.76. The van der Waals surface area contributed by atoms with Crippen LogP contribution in [0.1, 0.15) is 32.1 Å². The predicted molar refractivity (Wildman–Crippen MR) is 125 cm³/mol. The van der Waals surface area contributed by atoms with Crippen molar-refractivity contribution in [2.45, 2.75) is 38.5 Å². The van der Waals surface area contributed by atoms with Gasteiger partial charge in [-0.05, 0) is 32.4 Å². The third-order valence-electron chi connectivity index (χ3n) is 5.54. The first-order valence-electron chi connectivity index (χ1n) is 10.6. The Morgan fingerprint density at radius 3 is 2.88 bits per heavy atom. The largest absolute Gasteiger partial charge is 0.404 e. The van der Waals surface area contributed by atoms with Crippen molar-refractivity contribution in [3.05, 3.63) is 41.2 Å². The van der Waals surface area contributed by atoms with Crippen LogP contribution in [0.5, 0.6) is 0 Å². The fraction of sp³-hybridized carbons (Fsp3) is 0.364. The van der Waals surface area contributed by atoms with E-state index in [1.165, 1.54) is 24.7 Å². The highest BCUT2D eigenvalue weighted by molar-refractivity contribution is 6.33. The van der Waals surface area contributed by atoms with Crippen molar-refractivity contribution in [2.75, 3.05) is 18.5 Å². The molecule has 11 heteroatoms. The first-order chi connectivity index (χ1) is 15.8. The number of hydrogen-bond acceptors (Lipinski definition) is 7. The molecule has 0 spiro atoms. The minimum absolute atomic E-state index is 0.0531. The normalized spacial score (nSPS) is 19.3. The van der Waals surface area contributed by atoms with Crippen LogP contribution in [0.4, 0.5) is 10.3 Å². The van der Waals surface area contributed by atoms with Crippen LogP contribution in [0.25, 0.3) is 27.9 Å². The van der Waals surface area contributed by atoms with Crippen LogP contribution in [0.2, 0.25) is 5.02 Å². The summed E-state index contributed by atoms with van der Waals surface area (Å²) in [5.74, 6) is 0.219. The topological polar surface area (TPSA) is 137 Å². The molecule has 0 bridgehead atoms. The highest BCUT2D eigenvalue weighted by Crippen LogP contribution is 2.33. The van der Waals surface area contributed by atoms with E-state index in [1.54, 1.807) is 6.07 Å². The fourth-order valence-corrected chi connectivity index (χ4v) is 4.12. The van der Waals surface area contributed by atoms with Crippen molar-refractivity contribution in [3.8, 4) is 11.3 Å². The Morgan fingerprint density at radius 2 is 2.21 bits per heavy atom. The summed E-state index contributed by atoms with van der Waals surface area (Å²) in [4.78, 5) is 13.2. The van der Waals surface area contributed by atoms with Crippen LogP contribution < -0.4 is 16.5 Å². The van der Waals surface area contributed by atoms with Gasteiger partial charge < -0.3 is 25.5 Å². The maximum absolute atomic E-state index is 15.2. The van der Waals surface area contributed by atoms with Crippen LogP contribution in [-0.4, -0.2) is 56.2 Å². The molecule has 0 unspecified atom stereocenters. The number of aliphatic hydroxyl groups is 1. The van der Waals surface area contributed by atoms with Gasteiger partial charge in [0.1, 0.15) is 11.3 Å². The summed E-state index contributed by atoms with van der Waals surface area (Å²) in [7, 11) is 0. The van der Waals surface area contributed by atoms with Crippen LogP contribution >= 0.6 is 11.6 Å². The molecule has 1 aliphatic rings. The van der Waals surface area contributed by atoms with Crippen molar-refractivity contribution in [2.24, 2.45) is 5.73 Å². The number of halogens is 2. The van der Waals surface area contributed by atoms with E-state index in [9.17, 15) is 5.11 Å². The number of allylic oxidation sites excluding steroid dienone is 1. The van der Waals surface area contributed by atoms with E-state index in [0.717, 1.165) is 0 Å². The molecule has 0 aliphatic carbocycles. The molecule has 1 aromatic carbocycles. The lowest BCUT2D eigenvalue weighted by atomic mass is 10.1. The molecule has 174 valence electrons. The molecule has 0 saturated carbocycles. The molecule has 6 N–H and O–H groups in total. The third-order valence-corrected chi connectivity index (χ3v) is 5.82. The van der Waals surface area contributed by atoms with Gasteiger partial charge in [0.15, 0.2) is 12.0 Å². The maximum Gasteiger partial charge on any atom is 0.223 e. The maximum atomic E-state index is 15.2. The number of hydrogen-bond donors (Lipinski definition) is 4. The van der Waals surface area contributed by atoms with E-state index in [4.69, 9.17) is 27.5 Å². The van der Waals surface area contributed by atoms with Crippen molar-refractivity contribution < 1.29 is 19.6 Å². The van der Waals surface area contributed by atoms with Crippen molar-refractivity contribution in [3.63, 3.8) is 0 Å². The van der Waals surface area contributed by atoms with Gasteiger partial charge in [-0.3, -0.25) is 5.41 Å². The molecule has 3 heterocycles. The Labute approximate surface area is 195 Å². The lowest BCUT2D eigenvalue weighted by molar-refractivity contribution is -0.103. The number of benzene rings is 1. The second-order valence-corrected chi connectivity index (χ2v) is 8.49. The Morgan fingerprint density at radius 1 is 1.42 bits per heavy atom. The van der Waals surface area contributed by atoms with Gasteiger partial charge in [-0.25, -0.2) is 19.3 Å². The number of ether oxygens (including phenoxy) is 1. The van der Waals surface area contributed by atoms with Crippen LogP contribution in [-0.2, 0) is 4.74 Å². The first-order valence-corrected chi connectivity index (χ1v) is 11.0. The molecule has 2 atom stereocenters. The summed E-state index contributed by atoms with van der Waals surface area (Å²) in [5, 5.41) is 19.2. The highest BCUT2D eigenvalue weighted by atomic mass is 35.5. The molecular formula is C22H26ClFN7O2+. The second-order valence-electron chi connectivity index (χ2n) is 8.09. The molecule has 4 rings (SSSR count). The van der Waals surface area contributed by atoms with E-state index in [2.05, 4.69) is 20.3 Å². The molecule has 33 heavy (non-hydrogen) atoms. The van der Waals surface area contributed by atoms with Gasteiger partial charge in [0.05, 0.1) is 46.8 Å². The Bertz CT molecular complexity index is 1230. The third kappa shape index (κ3) is 4.41. The molecule has 0 radical (unpaired) electrons. The fourth-order valence-electron chi connectivity index (χ4n) is 3.92. The van der Waals surface area contributed by atoms with Crippen molar-refractivity contribution >= 4 is 40.4 Å². The number of nitrogens with two attached hydrogens (primary N) is 2. The summed E-state index contributed by atoms with van der Waals surface area (Å²) >= 11 is 6.39. The summed E-state index contributed by atoms with van der Waals surface area (Å²) in [6.45, 7) is 4.68. The van der Waals surface area contributed by atoms with Gasteiger partial charge in [-0.2, -0.15) is 0 Å². The molecule has 9 nitrogen and oxygen atoms in total. The zero-order chi connectivity index (χ0) is 23.7. The van der Waals surface area contributed by atoms with Crippen LogP contribution in [0.3, 0.4) is 0 Å². The quantitative estimate of drug-likeness (QED) is 0.398. The van der Waals surface area contributed by atoms with Crippen molar-refractivity contribution in [1.29, 1.82) is 0 Å². The monoisotopic (exact) mass is 474 g/mol. The van der Waals surface area contributed by atoms with Gasteiger partial charge in [0.25, 0.3) is 0 Å². The lowest BCUT2D eigenvalue weighted by Crippen LogP contribution is -2.42. The Hall–Kier alpha value is -3.08. The van der Waals surface area contributed by atoms with Gasteiger partial charge in [0.2, 0.25) is 5.95 Å². The molecular weight excluding hydrogens is 449 g/mol. The molecule has 1 saturated heterocycles. The lowest BCUT2D eigenvalue weighted by Gasteiger charge is -2.28. The number of nitrogens with zero attached hydrogens (tertiary/aromatic N) is 4. The number of fused-ring (bicyclic) bond motifs is 1. The van der Waals surface area contributed by atoms with Gasteiger partial charge in [-0.15, -0.1) is 0 Å². The number of anilines is 1. The predicted octanol–water partition coefficient (Wildman–Crippen LogP) is 1.56. The average Bonchev–Trinajstić information content (AvgIpc) is 3.17. The molecule has 3 aromatic rings. The van der Waals surface area contributed by atoms with E-state index in [0.29, 0.717) is 41.2 Å². The summed E-state index contributed by atoms with van der Waals surface area (Å²) < 4.78 is 22.3. The van der Waals surface area contributed by atoms with Crippen molar-refractivity contribution in [1.82, 2.24) is 19.5 Å². The number of aliphatic hydroxyl groups excluding tert-OH is 1. The SMILES string of the molecule is CC(C)n1c(/C(C=[NH2+])=C/N)nc2c(F)cc(-c3nc(N[C@@H]4CCOC[C@H]4O)ncc3Cl)cc21. The number of nitrogens with one attached hydrogen (secondary N) is 1.